The van der Waals surface area contributed by atoms with Crippen LogP contribution in [0.4, 0.5) is 0 Å². The van der Waals surface area contributed by atoms with Crippen LogP contribution in [0.2, 0.25) is 0 Å². The van der Waals surface area contributed by atoms with E-state index in [4.69, 9.17) is 5.26 Å². The number of hydrogen-bond acceptors (Lipinski definition) is 3. The third-order valence-corrected chi connectivity index (χ3v) is 4.83. The maximum Gasteiger partial charge on any atom is 0.254 e. The molecule has 1 aromatic heterocycles. The van der Waals surface area contributed by atoms with Crippen LogP contribution in [0.1, 0.15) is 46.6 Å². The van der Waals surface area contributed by atoms with Crippen LogP contribution >= 0.6 is 0 Å². The first-order valence-corrected chi connectivity index (χ1v) is 8.86. The summed E-state index contributed by atoms with van der Waals surface area (Å²) in [5.41, 5.74) is 3.70. The molecule has 2 heterocycles. The SMILES string of the molecule is Cc1cc(C)n(CC2CCCCN2C(=O)c2cccc(CC#N)c2)n1. The summed E-state index contributed by atoms with van der Waals surface area (Å²) in [4.78, 5) is 15.1. The van der Waals surface area contributed by atoms with Crippen molar-refractivity contribution in [3.05, 3.63) is 52.8 Å². The van der Waals surface area contributed by atoms with Crippen molar-refractivity contribution in [2.75, 3.05) is 6.54 Å². The highest BCUT2D eigenvalue weighted by atomic mass is 16.2. The number of piperidine rings is 1. The standard InChI is InChI=1S/C20H24N4O/c1-15-12-16(2)24(22-15)14-19-8-3-4-11-23(19)20(25)18-7-5-6-17(13-18)9-10-21/h5-7,12-13,19H,3-4,8-9,11,14H2,1-2H3. The Bertz CT molecular complexity index is 802. The average Bonchev–Trinajstić information content (AvgIpc) is 2.92. The summed E-state index contributed by atoms with van der Waals surface area (Å²) in [5.74, 6) is 0.0611. The fourth-order valence-corrected chi connectivity index (χ4v) is 3.59. The highest BCUT2D eigenvalue weighted by Gasteiger charge is 2.28. The van der Waals surface area contributed by atoms with Gasteiger partial charge in [0.1, 0.15) is 0 Å². The van der Waals surface area contributed by atoms with Crippen molar-refractivity contribution in [3.8, 4) is 6.07 Å². The molecule has 1 amide bonds. The molecule has 1 saturated heterocycles. The molecule has 25 heavy (non-hydrogen) atoms. The second-order valence-corrected chi connectivity index (χ2v) is 6.79. The van der Waals surface area contributed by atoms with Crippen molar-refractivity contribution >= 4 is 5.91 Å². The summed E-state index contributed by atoms with van der Waals surface area (Å²) in [6, 6.07) is 11.8. The predicted octanol–water partition coefficient (Wildman–Crippen LogP) is 3.26. The molecule has 0 N–H and O–H groups in total. The van der Waals surface area contributed by atoms with Gasteiger partial charge in [-0.1, -0.05) is 12.1 Å². The van der Waals surface area contributed by atoms with Gasteiger partial charge in [0.05, 0.1) is 30.8 Å². The first kappa shape index (κ1) is 17.2. The van der Waals surface area contributed by atoms with Crippen molar-refractivity contribution in [1.29, 1.82) is 5.26 Å². The zero-order chi connectivity index (χ0) is 17.8. The third-order valence-electron chi connectivity index (χ3n) is 4.83. The van der Waals surface area contributed by atoms with Crippen LogP contribution < -0.4 is 0 Å². The molecule has 1 aromatic carbocycles. The molecule has 1 atom stereocenters. The third kappa shape index (κ3) is 3.90. The largest absolute Gasteiger partial charge is 0.334 e. The summed E-state index contributed by atoms with van der Waals surface area (Å²) in [6.07, 6.45) is 3.51. The Balaban J connectivity index is 1.80. The van der Waals surface area contributed by atoms with Crippen LogP contribution in [0, 0.1) is 25.2 Å². The maximum atomic E-state index is 13.1. The molecular weight excluding hydrogens is 312 g/mol. The molecule has 5 nitrogen and oxygen atoms in total. The van der Waals surface area contributed by atoms with Gasteiger partial charge < -0.3 is 4.90 Å². The van der Waals surface area contributed by atoms with Gasteiger partial charge >= 0.3 is 0 Å². The Kier molecular flexibility index (Phi) is 5.18. The van der Waals surface area contributed by atoms with E-state index in [0.717, 1.165) is 49.3 Å². The number of rotatable bonds is 4. The predicted molar refractivity (Wildman–Crippen MR) is 96.1 cm³/mol. The van der Waals surface area contributed by atoms with Gasteiger partial charge in [-0.3, -0.25) is 9.48 Å². The molecule has 3 rings (SSSR count). The van der Waals surface area contributed by atoms with E-state index in [1.807, 2.05) is 40.8 Å². The first-order chi connectivity index (χ1) is 12.1. The smallest absolute Gasteiger partial charge is 0.254 e. The Morgan fingerprint density at radius 1 is 1.32 bits per heavy atom. The molecule has 0 aliphatic carbocycles. The molecule has 0 bridgehead atoms. The average molecular weight is 336 g/mol. The maximum absolute atomic E-state index is 13.1. The highest BCUT2D eigenvalue weighted by molar-refractivity contribution is 5.94. The number of aryl methyl sites for hydroxylation is 2. The quantitative estimate of drug-likeness (QED) is 0.861. The van der Waals surface area contributed by atoms with Crippen molar-refractivity contribution in [2.24, 2.45) is 0 Å². The highest BCUT2D eigenvalue weighted by Crippen LogP contribution is 2.22. The van der Waals surface area contributed by atoms with Gasteiger partial charge in [-0.15, -0.1) is 0 Å². The molecule has 2 aromatic rings. The van der Waals surface area contributed by atoms with Crippen LogP contribution in [0.25, 0.3) is 0 Å². The normalized spacial score (nSPS) is 17.3. The van der Waals surface area contributed by atoms with E-state index < -0.39 is 0 Å². The van der Waals surface area contributed by atoms with Crippen LogP contribution in [0.15, 0.2) is 30.3 Å². The van der Waals surface area contributed by atoms with Crippen LogP contribution in [-0.2, 0) is 13.0 Å². The van der Waals surface area contributed by atoms with Crippen molar-refractivity contribution in [3.63, 3.8) is 0 Å². The number of benzene rings is 1. The van der Waals surface area contributed by atoms with Crippen molar-refractivity contribution < 1.29 is 4.79 Å². The Labute approximate surface area is 148 Å². The molecule has 1 aliphatic heterocycles. The second-order valence-electron chi connectivity index (χ2n) is 6.79. The lowest BCUT2D eigenvalue weighted by atomic mass is 10.00. The molecule has 1 fully saturated rings. The molecular formula is C20H24N4O. The Morgan fingerprint density at radius 3 is 2.88 bits per heavy atom. The van der Waals surface area contributed by atoms with Gasteiger partial charge in [-0.2, -0.15) is 10.4 Å². The van der Waals surface area contributed by atoms with E-state index in [1.165, 1.54) is 0 Å². The lowest BCUT2D eigenvalue weighted by Crippen LogP contribution is -2.46. The lowest BCUT2D eigenvalue weighted by Gasteiger charge is -2.36. The zero-order valence-electron chi connectivity index (χ0n) is 14.9. The molecule has 1 aliphatic rings. The number of hydrogen-bond donors (Lipinski definition) is 0. The number of likely N-dealkylation sites (tertiary alicyclic amines) is 1. The fraction of sp³-hybridized carbons (Fsp3) is 0.450. The zero-order valence-corrected chi connectivity index (χ0v) is 14.9. The second kappa shape index (κ2) is 7.52. The molecule has 0 saturated carbocycles. The van der Waals surface area contributed by atoms with E-state index >= 15 is 0 Å². The van der Waals surface area contributed by atoms with E-state index in [9.17, 15) is 4.79 Å². The van der Waals surface area contributed by atoms with Gasteiger partial charge in [0, 0.05) is 17.8 Å². The number of carbonyl (C=O) groups excluding carboxylic acids is 1. The summed E-state index contributed by atoms with van der Waals surface area (Å²) in [6.45, 7) is 5.57. The van der Waals surface area contributed by atoms with Gasteiger partial charge in [-0.05, 0) is 56.9 Å². The first-order valence-electron chi connectivity index (χ1n) is 8.86. The molecule has 1 unspecified atom stereocenters. The summed E-state index contributed by atoms with van der Waals surface area (Å²) >= 11 is 0. The minimum atomic E-state index is 0.0611. The minimum Gasteiger partial charge on any atom is -0.334 e. The van der Waals surface area contributed by atoms with E-state index in [0.29, 0.717) is 12.0 Å². The Morgan fingerprint density at radius 2 is 2.16 bits per heavy atom. The summed E-state index contributed by atoms with van der Waals surface area (Å²) < 4.78 is 2.01. The van der Waals surface area contributed by atoms with Gasteiger partial charge in [0.2, 0.25) is 0 Å². The van der Waals surface area contributed by atoms with E-state index in [-0.39, 0.29) is 11.9 Å². The van der Waals surface area contributed by atoms with Gasteiger partial charge in [-0.25, -0.2) is 0 Å². The van der Waals surface area contributed by atoms with Crippen LogP contribution in [0.5, 0.6) is 0 Å². The number of amides is 1. The number of nitriles is 1. The number of aromatic nitrogens is 2. The van der Waals surface area contributed by atoms with Crippen LogP contribution in [-0.4, -0.2) is 33.2 Å². The molecule has 0 spiro atoms. The van der Waals surface area contributed by atoms with Crippen LogP contribution in [0.3, 0.4) is 0 Å². The van der Waals surface area contributed by atoms with E-state index in [2.05, 4.69) is 24.2 Å². The van der Waals surface area contributed by atoms with Gasteiger partial charge in [0.25, 0.3) is 5.91 Å². The molecule has 0 radical (unpaired) electrons. The fourth-order valence-electron chi connectivity index (χ4n) is 3.59. The van der Waals surface area contributed by atoms with Crippen molar-refractivity contribution in [2.45, 2.75) is 52.1 Å². The summed E-state index contributed by atoms with van der Waals surface area (Å²) in [5, 5.41) is 13.4. The minimum absolute atomic E-state index is 0.0611. The number of carbonyl (C=O) groups is 1. The lowest BCUT2D eigenvalue weighted by molar-refractivity contribution is 0.0582. The topological polar surface area (TPSA) is 61.9 Å². The Hall–Kier alpha value is -2.61. The van der Waals surface area contributed by atoms with Gasteiger partial charge in [0.15, 0.2) is 0 Å². The summed E-state index contributed by atoms with van der Waals surface area (Å²) in [7, 11) is 0. The van der Waals surface area contributed by atoms with Crippen molar-refractivity contribution in [1.82, 2.24) is 14.7 Å². The number of nitrogens with zero attached hydrogens (tertiary/aromatic N) is 4. The monoisotopic (exact) mass is 336 g/mol. The van der Waals surface area contributed by atoms with E-state index in [1.54, 1.807) is 0 Å². The molecule has 130 valence electrons. The molecule has 5 heteroatoms.